The van der Waals surface area contributed by atoms with Gasteiger partial charge in [-0.2, -0.15) is 4.98 Å². The number of nitrogen functional groups attached to an aromatic ring is 1. The van der Waals surface area contributed by atoms with Crippen molar-refractivity contribution in [2.45, 2.75) is 24.0 Å². The number of imidazole rings is 1. The standard InChI is InChI=1S/C13H17N5O5/c1-20-3-13-4-22-7(8(13)21-2)11(23-13)18-5-15-6-9(18)16-12(14)17-10(6)19/h5,7-8,11H,3-4H2,1-2H3,(H3,14,16,17,19)/t7?,8?,11?,13-/m1/s1. The average molecular weight is 323 g/mol. The molecule has 2 aliphatic rings. The Morgan fingerprint density at radius 3 is 3.13 bits per heavy atom. The number of aromatic amines is 1. The molecule has 23 heavy (non-hydrogen) atoms. The molecule has 2 fully saturated rings. The van der Waals surface area contributed by atoms with E-state index >= 15 is 0 Å². The summed E-state index contributed by atoms with van der Waals surface area (Å²) in [5.74, 6) is 0.0169. The highest BCUT2D eigenvalue weighted by atomic mass is 16.7. The van der Waals surface area contributed by atoms with E-state index in [-0.39, 0.29) is 23.7 Å². The molecule has 0 aliphatic carbocycles. The lowest BCUT2D eigenvalue weighted by molar-refractivity contribution is -0.189. The number of fused-ring (bicyclic) bond motifs is 3. The van der Waals surface area contributed by atoms with Gasteiger partial charge in [0.1, 0.15) is 17.8 Å². The second kappa shape index (κ2) is 4.99. The highest BCUT2D eigenvalue weighted by Crippen LogP contribution is 2.46. The van der Waals surface area contributed by atoms with Crippen LogP contribution < -0.4 is 11.3 Å². The van der Waals surface area contributed by atoms with Crippen LogP contribution in [0.25, 0.3) is 11.2 Å². The summed E-state index contributed by atoms with van der Waals surface area (Å²) in [4.78, 5) is 22.6. The zero-order chi connectivity index (χ0) is 16.2. The number of rotatable bonds is 4. The van der Waals surface area contributed by atoms with E-state index in [1.165, 1.54) is 6.33 Å². The number of anilines is 1. The lowest BCUT2D eigenvalue weighted by Gasteiger charge is -2.30. The maximum absolute atomic E-state index is 11.9. The Kier molecular flexibility index (Phi) is 3.17. The minimum Gasteiger partial charge on any atom is -0.381 e. The molecular formula is C13H17N5O5. The summed E-state index contributed by atoms with van der Waals surface area (Å²) < 4.78 is 24.5. The molecule has 3 unspecified atom stereocenters. The number of aromatic nitrogens is 4. The largest absolute Gasteiger partial charge is 0.381 e. The van der Waals surface area contributed by atoms with Gasteiger partial charge in [0.15, 0.2) is 17.4 Å². The first-order valence-electron chi connectivity index (χ1n) is 7.13. The van der Waals surface area contributed by atoms with Crippen molar-refractivity contribution in [1.82, 2.24) is 19.5 Å². The van der Waals surface area contributed by atoms with Gasteiger partial charge < -0.3 is 24.7 Å². The highest BCUT2D eigenvalue weighted by Gasteiger charge is 2.63. The molecule has 124 valence electrons. The summed E-state index contributed by atoms with van der Waals surface area (Å²) in [7, 11) is 3.20. The van der Waals surface area contributed by atoms with Gasteiger partial charge in [-0.25, -0.2) is 4.98 Å². The zero-order valence-electron chi connectivity index (χ0n) is 12.7. The SMILES string of the molecule is COC[C@]12COC(C(n3cnc4c(=O)[nH]c(N)nc43)O1)C2OC. The first-order chi connectivity index (χ1) is 11.1. The Morgan fingerprint density at radius 2 is 2.39 bits per heavy atom. The lowest BCUT2D eigenvalue weighted by atomic mass is 10.0. The van der Waals surface area contributed by atoms with Crippen molar-refractivity contribution in [2.75, 3.05) is 33.2 Å². The van der Waals surface area contributed by atoms with E-state index in [1.54, 1.807) is 18.8 Å². The van der Waals surface area contributed by atoms with Crippen molar-refractivity contribution in [3.8, 4) is 0 Å². The van der Waals surface area contributed by atoms with Crippen molar-refractivity contribution in [3.05, 3.63) is 16.7 Å². The quantitative estimate of drug-likeness (QED) is 0.736. The van der Waals surface area contributed by atoms with Gasteiger partial charge in [-0.05, 0) is 0 Å². The molecule has 2 saturated heterocycles. The Hall–Kier alpha value is -2.01. The van der Waals surface area contributed by atoms with Gasteiger partial charge in [0.2, 0.25) is 5.95 Å². The molecule has 10 heteroatoms. The van der Waals surface area contributed by atoms with E-state index in [9.17, 15) is 4.79 Å². The number of hydrogen-bond acceptors (Lipinski definition) is 8. The molecule has 4 rings (SSSR count). The van der Waals surface area contributed by atoms with E-state index in [0.29, 0.717) is 18.9 Å². The minimum atomic E-state index is -0.692. The molecule has 2 aromatic heterocycles. The topological polar surface area (TPSA) is 127 Å². The maximum atomic E-state index is 11.9. The first-order valence-corrected chi connectivity index (χ1v) is 7.13. The fraction of sp³-hybridized carbons (Fsp3) is 0.615. The van der Waals surface area contributed by atoms with E-state index in [4.69, 9.17) is 24.7 Å². The van der Waals surface area contributed by atoms with Crippen molar-refractivity contribution >= 4 is 17.1 Å². The van der Waals surface area contributed by atoms with Crippen LogP contribution in [0.4, 0.5) is 5.95 Å². The minimum absolute atomic E-state index is 0.0169. The van der Waals surface area contributed by atoms with Gasteiger partial charge >= 0.3 is 0 Å². The van der Waals surface area contributed by atoms with Crippen molar-refractivity contribution in [2.24, 2.45) is 0 Å². The second-order valence-electron chi connectivity index (χ2n) is 5.71. The Morgan fingerprint density at radius 1 is 1.57 bits per heavy atom. The molecule has 0 amide bonds. The molecule has 0 radical (unpaired) electrons. The monoisotopic (exact) mass is 323 g/mol. The van der Waals surface area contributed by atoms with Crippen molar-refractivity contribution < 1.29 is 18.9 Å². The van der Waals surface area contributed by atoms with Gasteiger partial charge in [-0.1, -0.05) is 0 Å². The van der Waals surface area contributed by atoms with Crippen LogP contribution in [-0.4, -0.2) is 64.8 Å². The van der Waals surface area contributed by atoms with Crippen LogP contribution >= 0.6 is 0 Å². The molecular weight excluding hydrogens is 306 g/mol. The molecule has 2 aliphatic heterocycles. The number of nitrogens with two attached hydrogens (primary N) is 1. The third-order valence-electron chi connectivity index (χ3n) is 4.34. The van der Waals surface area contributed by atoms with Gasteiger partial charge in [0.05, 0.1) is 19.5 Å². The summed E-state index contributed by atoms with van der Waals surface area (Å²) in [6.07, 6.45) is 0.329. The third-order valence-corrected chi connectivity index (χ3v) is 4.34. The Labute approximate surface area is 130 Å². The summed E-state index contributed by atoms with van der Waals surface area (Å²) in [5, 5.41) is 0. The molecule has 2 bridgehead atoms. The molecule has 3 N–H and O–H groups in total. The first kappa shape index (κ1) is 14.6. The van der Waals surface area contributed by atoms with Gasteiger partial charge in [-0.3, -0.25) is 14.3 Å². The lowest BCUT2D eigenvalue weighted by Crippen LogP contribution is -2.45. The van der Waals surface area contributed by atoms with E-state index < -0.39 is 17.4 Å². The maximum Gasteiger partial charge on any atom is 0.280 e. The number of nitrogens with zero attached hydrogens (tertiary/aromatic N) is 3. The van der Waals surface area contributed by atoms with E-state index in [0.717, 1.165) is 0 Å². The second-order valence-corrected chi connectivity index (χ2v) is 5.71. The van der Waals surface area contributed by atoms with Gasteiger partial charge in [0.25, 0.3) is 5.56 Å². The normalized spacial score (nSPS) is 32.9. The predicted molar refractivity (Wildman–Crippen MR) is 77.8 cm³/mol. The molecule has 2 aromatic rings. The summed E-state index contributed by atoms with van der Waals surface area (Å²) in [5.41, 5.74) is 5.08. The number of ether oxygens (including phenoxy) is 4. The fourth-order valence-corrected chi connectivity index (χ4v) is 3.44. The van der Waals surface area contributed by atoms with Crippen LogP contribution in [-0.2, 0) is 18.9 Å². The number of hydrogen-bond donors (Lipinski definition) is 2. The summed E-state index contributed by atoms with van der Waals surface area (Å²) >= 11 is 0. The predicted octanol–water partition coefficient (Wildman–Crippen LogP) is -0.970. The summed E-state index contributed by atoms with van der Waals surface area (Å²) in [6.45, 7) is 0.713. The van der Waals surface area contributed by atoms with Crippen LogP contribution in [0.2, 0.25) is 0 Å². The van der Waals surface area contributed by atoms with E-state index in [2.05, 4.69) is 15.0 Å². The highest BCUT2D eigenvalue weighted by molar-refractivity contribution is 5.70. The third kappa shape index (κ3) is 1.92. The average Bonchev–Trinajstić information content (AvgIpc) is 3.15. The zero-order valence-corrected chi connectivity index (χ0v) is 12.7. The summed E-state index contributed by atoms with van der Waals surface area (Å²) in [6, 6.07) is 0. The van der Waals surface area contributed by atoms with Crippen LogP contribution in [0.5, 0.6) is 0 Å². The van der Waals surface area contributed by atoms with Gasteiger partial charge in [-0.15, -0.1) is 0 Å². The molecule has 4 atom stereocenters. The van der Waals surface area contributed by atoms with E-state index in [1.807, 2.05) is 0 Å². The Bertz CT molecular complexity index is 804. The van der Waals surface area contributed by atoms with Crippen LogP contribution in [0.1, 0.15) is 6.23 Å². The van der Waals surface area contributed by atoms with Gasteiger partial charge in [0, 0.05) is 14.2 Å². The fourth-order valence-electron chi connectivity index (χ4n) is 3.44. The van der Waals surface area contributed by atoms with Crippen LogP contribution in [0, 0.1) is 0 Å². The molecule has 0 spiro atoms. The molecule has 10 nitrogen and oxygen atoms in total. The van der Waals surface area contributed by atoms with Crippen molar-refractivity contribution in [3.63, 3.8) is 0 Å². The number of H-pyrrole nitrogens is 1. The number of nitrogens with one attached hydrogen (secondary N) is 1. The van der Waals surface area contributed by atoms with Crippen molar-refractivity contribution in [1.29, 1.82) is 0 Å². The Balaban J connectivity index is 1.79. The molecule has 0 saturated carbocycles. The smallest absolute Gasteiger partial charge is 0.280 e. The van der Waals surface area contributed by atoms with Crippen LogP contribution in [0.15, 0.2) is 11.1 Å². The number of methoxy groups -OCH3 is 2. The molecule has 4 heterocycles. The molecule has 0 aromatic carbocycles. The van der Waals surface area contributed by atoms with Crippen LogP contribution in [0.3, 0.4) is 0 Å².